The van der Waals surface area contributed by atoms with Crippen LogP contribution in [0.5, 0.6) is 0 Å². The molecule has 2 rings (SSSR count). The molecule has 1 aromatic carbocycles. The Morgan fingerprint density at radius 1 is 1.52 bits per heavy atom. The van der Waals surface area contributed by atoms with Crippen LogP contribution in [-0.2, 0) is 16.1 Å². The van der Waals surface area contributed by atoms with Crippen LogP contribution in [0.25, 0.3) is 0 Å². The monoisotopic (exact) mass is 291 g/mol. The molecule has 1 atom stereocenters. The van der Waals surface area contributed by atoms with Gasteiger partial charge in [-0.3, -0.25) is 4.79 Å². The predicted molar refractivity (Wildman–Crippen MR) is 74.8 cm³/mol. The van der Waals surface area contributed by atoms with E-state index in [1.165, 1.54) is 6.07 Å². The molecule has 1 fully saturated rings. The van der Waals surface area contributed by atoms with Crippen LogP contribution in [0.3, 0.4) is 0 Å². The molecule has 112 valence electrons. The van der Waals surface area contributed by atoms with Crippen molar-refractivity contribution in [2.45, 2.75) is 19.5 Å². The highest BCUT2D eigenvalue weighted by molar-refractivity contribution is 5.81. The van der Waals surface area contributed by atoms with Crippen LogP contribution in [0.2, 0.25) is 0 Å². The van der Waals surface area contributed by atoms with E-state index in [0.717, 1.165) is 0 Å². The average Bonchev–Trinajstić information content (AvgIpc) is 2.53. The van der Waals surface area contributed by atoms with Crippen molar-refractivity contribution >= 4 is 5.91 Å². The average molecular weight is 291 g/mol. The molecule has 1 aliphatic heterocycles. The van der Waals surface area contributed by atoms with Gasteiger partial charge in [-0.05, 0) is 13.0 Å². The van der Waals surface area contributed by atoms with Crippen LogP contribution < -0.4 is 5.32 Å². The number of hydrogen-bond acceptors (Lipinski definition) is 4. The van der Waals surface area contributed by atoms with Gasteiger partial charge in [0.05, 0.1) is 24.8 Å². The topological polar surface area (TPSA) is 65.4 Å². The zero-order valence-corrected chi connectivity index (χ0v) is 11.9. The maximum atomic E-state index is 13.9. The van der Waals surface area contributed by atoms with Crippen LogP contribution in [0.15, 0.2) is 18.2 Å². The molecule has 0 bridgehead atoms. The first-order valence-electron chi connectivity index (χ1n) is 6.91. The third-order valence-corrected chi connectivity index (χ3v) is 3.49. The highest BCUT2D eigenvalue weighted by Gasteiger charge is 2.22. The van der Waals surface area contributed by atoms with Gasteiger partial charge in [0.2, 0.25) is 5.91 Å². The number of rotatable bonds is 4. The van der Waals surface area contributed by atoms with E-state index < -0.39 is 11.9 Å². The van der Waals surface area contributed by atoms with E-state index in [0.29, 0.717) is 31.9 Å². The molecule has 1 heterocycles. The zero-order chi connectivity index (χ0) is 15.2. The molecule has 0 radical (unpaired) electrons. The van der Waals surface area contributed by atoms with Crippen LogP contribution >= 0.6 is 0 Å². The van der Waals surface area contributed by atoms with Gasteiger partial charge in [-0.15, -0.1) is 0 Å². The Hall–Kier alpha value is -1.97. The second kappa shape index (κ2) is 7.16. The van der Waals surface area contributed by atoms with Gasteiger partial charge in [0, 0.05) is 25.2 Å². The lowest BCUT2D eigenvalue weighted by Crippen LogP contribution is -2.49. The largest absolute Gasteiger partial charge is 0.378 e. The van der Waals surface area contributed by atoms with E-state index >= 15 is 0 Å². The van der Waals surface area contributed by atoms with Gasteiger partial charge in [0.1, 0.15) is 11.9 Å². The number of carbonyl (C=O) groups is 1. The summed E-state index contributed by atoms with van der Waals surface area (Å²) in [6, 6.07) is 6.07. The molecule has 21 heavy (non-hydrogen) atoms. The number of nitrogens with zero attached hydrogens (tertiary/aromatic N) is 2. The molecular weight excluding hydrogens is 273 g/mol. The van der Waals surface area contributed by atoms with Crippen LogP contribution in [0, 0.1) is 17.1 Å². The fourth-order valence-corrected chi connectivity index (χ4v) is 2.21. The first-order valence-corrected chi connectivity index (χ1v) is 6.91. The Balaban J connectivity index is 1.93. The van der Waals surface area contributed by atoms with Crippen molar-refractivity contribution in [3.63, 3.8) is 0 Å². The predicted octanol–water partition coefficient (Wildman–Crippen LogP) is 1.03. The highest BCUT2D eigenvalue weighted by Crippen LogP contribution is 2.12. The molecule has 5 nitrogen and oxygen atoms in total. The van der Waals surface area contributed by atoms with Crippen molar-refractivity contribution in [3.05, 3.63) is 35.1 Å². The molecule has 0 aliphatic carbocycles. The van der Waals surface area contributed by atoms with Gasteiger partial charge < -0.3 is 15.0 Å². The molecule has 0 saturated carbocycles. The lowest BCUT2D eigenvalue weighted by Gasteiger charge is -2.29. The first kappa shape index (κ1) is 15.4. The van der Waals surface area contributed by atoms with E-state index in [2.05, 4.69) is 5.32 Å². The molecule has 1 N–H and O–H groups in total. The molecule has 1 unspecified atom stereocenters. The van der Waals surface area contributed by atoms with E-state index in [1.807, 2.05) is 0 Å². The molecule has 1 amide bonds. The molecule has 6 heteroatoms. The summed E-state index contributed by atoms with van der Waals surface area (Å²) in [5.74, 6) is -0.548. The van der Waals surface area contributed by atoms with Gasteiger partial charge in [0.25, 0.3) is 0 Å². The summed E-state index contributed by atoms with van der Waals surface area (Å²) in [5.41, 5.74) is 0.400. The molecule has 0 spiro atoms. The van der Waals surface area contributed by atoms with E-state index in [-0.39, 0.29) is 18.0 Å². The van der Waals surface area contributed by atoms with Crippen molar-refractivity contribution in [1.29, 1.82) is 5.26 Å². The Morgan fingerprint density at radius 3 is 2.90 bits per heavy atom. The number of nitrogens with one attached hydrogen (secondary N) is 1. The summed E-state index contributed by atoms with van der Waals surface area (Å²) in [6.45, 7) is 4.24. The summed E-state index contributed by atoms with van der Waals surface area (Å²) in [6.07, 6.45) is 0. The maximum absolute atomic E-state index is 13.9. The second-order valence-corrected chi connectivity index (χ2v) is 4.93. The summed E-state index contributed by atoms with van der Waals surface area (Å²) in [4.78, 5) is 13.9. The van der Waals surface area contributed by atoms with E-state index in [1.54, 1.807) is 30.0 Å². The number of amides is 1. The minimum absolute atomic E-state index is 0.0152. The van der Waals surface area contributed by atoms with Gasteiger partial charge >= 0.3 is 0 Å². The number of carbonyl (C=O) groups excluding carboxylic acids is 1. The standard InChI is InChI=1S/C15H18FN3O2/c1-11(15(20)19-5-7-21-8-6-19)18-10-13-4-2-3-12(9-17)14(13)16/h2-4,11,18H,5-8,10H2,1H3. The number of morpholine rings is 1. The molecular formula is C15H18FN3O2. The van der Waals surface area contributed by atoms with Crippen LogP contribution in [-0.4, -0.2) is 43.2 Å². The van der Waals surface area contributed by atoms with Gasteiger partial charge in [0.15, 0.2) is 0 Å². The molecule has 0 aromatic heterocycles. The molecule has 1 aliphatic rings. The second-order valence-electron chi connectivity index (χ2n) is 4.93. The highest BCUT2D eigenvalue weighted by atomic mass is 19.1. The van der Waals surface area contributed by atoms with Crippen molar-refractivity contribution in [3.8, 4) is 6.07 Å². The van der Waals surface area contributed by atoms with E-state index in [9.17, 15) is 9.18 Å². The maximum Gasteiger partial charge on any atom is 0.239 e. The lowest BCUT2D eigenvalue weighted by atomic mass is 10.1. The summed E-state index contributed by atoms with van der Waals surface area (Å²) in [7, 11) is 0. The third kappa shape index (κ3) is 3.78. The Kier molecular flexibility index (Phi) is 5.26. The van der Waals surface area contributed by atoms with Crippen molar-refractivity contribution in [1.82, 2.24) is 10.2 Å². The van der Waals surface area contributed by atoms with Crippen LogP contribution in [0.1, 0.15) is 18.1 Å². The number of halogens is 1. The minimum Gasteiger partial charge on any atom is -0.378 e. The van der Waals surface area contributed by atoms with Gasteiger partial charge in [-0.25, -0.2) is 4.39 Å². The number of hydrogen-bond donors (Lipinski definition) is 1. The fraction of sp³-hybridized carbons (Fsp3) is 0.467. The molecule has 1 aromatic rings. The summed E-state index contributed by atoms with van der Waals surface area (Å²) >= 11 is 0. The minimum atomic E-state index is -0.529. The summed E-state index contributed by atoms with van der Waals surface area (Å²) < 4.78 is 19.1. The Bertz CT molecular complexity index is 550. The third-order valence-electron chi connectivity index (χ3n) is 3.49. The van der Waals surface area contributed by atoms with Gasteiger partial charge in [-0.2, -0.15) is 5.26 Å². The van der Waals surface area contributed by atoms with E-state index in [4.69, 9.17) is 10.00 Å². The zero-order valence-electron chi connectivity index (χ0n) is 11.9. The number of nitriles is 1. The summed E-state index contributed by atoms with van der Waals surface area (Å²) in [5, 5.41) is 11.8. The number of ether oxygens (including phenoxy) is 1. The number of benzene rings is 1. The molecule has 1 saturated heterocycles. The van der Waals surface area contributed by atoms with Crippen molar-refractivity contribution in [2.24, 2.45) is 0 Å². The normalized spacial score (nSPS) is 16.3. The van der Waals surface area contributed by atoms with Crippen molar-refractivity contribution < 1.29 is 13.9 Å². The van der Waals surface area contributed by atoms with Crippen LogP contribution in [0.4, 0.5) is 4.39 Å². The Morgan fingerprint density at radius 2 is 2.24 bits per heavy atom. The Labute approximate surface area is 123 Å². The quantitative estimate of drug-likeness (QED) is 0.900. The van der Waals surface area contributed by atoms with Crippen molar-refractivity contribution in [2.75, 3.05) is 26.3 Å². The smallest absolute Gasteiger partial charge is 0.239 e. The van der Waals surface area contributed by atoms with Gasteiger partial charge in [-0.1, -0.05) is 12.1 Å². The SMILES string of the molecule is CC(NCc1cccc(C#N)c1F)C(=O)N1CCOCC1. The first-order chi connectivity index (χ1) is 10.1. The fourth-order valence-electron chi connectivity index (χ4n) is 2.21. The lowest BCUT2D eigenvalue weighted by molar-refractivity contribution is -0.137.